The number of aryl methyl sites for hydroxylation is 1. The summed E-state index contributed by atoms with van der Waals surface area (Å²) in [7, 11) is 0. The highest BCUT2D eigenvalue weighted by molar-refractivity contribution is 5.80. The fourth-order valence-electron chi connectivity index (χ4n) is 1.61. The molecule has 0 atom stereocenters. The van der Waals surface area contributed by atoms with Crippen LogP contribution in [0.2, 0.25) is 0 Å². The molecule has 0 aliphatic rings. The van der Waals surface area contributed by atoms with Crippen LogP contribution in [0, 0.1) is 6.92 Å². The van der Waals surface area contributed by atoms with Gasteiger partial charge in [-0.3, -0.25) is 9.78 Å². The molecule has 0 fully saturated rings. The van der Waals surface area contributed by atoms with Crippen molar-refractivity contribution in [1.82, 2.24) is 10.3 Å². The van der Waals surface area contributed by atoms with Crippen LogP contribution < -0.4 is 10.6 Å². The smallest absolute Gasteiger partial charge is 0.239 e. The van der Waals surface area contributed by atoms with Crippen molar-refractivity contribution in [2.24, 2.45) is 0 Å². The highest BCUT2D eigenvalue weighted by atomic mass is 16.1. The van der Waals surface area contributed by atoms with Crippen molar-refractivity contribution in [3.8, 4) is 0 Å². The van der Waals surface area contributed by atoms with E-state index in [-0.39, 0.29) is 12.5 Å². The molecule has 1 amide bonds. The summed E-state index contributed by atoms with van der Waals surface area (Å²) >= 11 is 0. The molecule has 2 rings (SSSR count). The first-order valence-corrected chi connectivity index (χ1v) is 6.21. The zero-order valence-electron chi connectivity index (χ0n) is 10.9. The lowest BCUT2D eigenvalue weighted by Gasteiger charge is -2.07. The van der Waals surface area contributed by atoms with Crippen molar-refractivity contribution in [3.05, 3.63) is 59.9 Å². The average Bonchev–Trinajstić information content (AvgIpc) is 2.45. The third-order valence-corrected chi connectivity index (χ3v) is 2.70. The molecular weight excluding hydrogens is 238 g/mol. The summed E-state index contributed by atoms with van der Waals surface area (Å²) in [6.45, 7) is 2.74. The van der Waals surface area contributed by atoms with Gasteiger partial charge in [0.1, 0.15) is 0 Å². The third-order valence-electron chi connectivity index (χ3n) is 2.70. The number of carbonyl (C=O) groups excluding carboxylic acids is 1. The van der Waals surface area contributed by atoms with Crippen molar-refractivity contribution < 1.29 is 4.79 Å². The Morgan fingerprint density at radius 1 is 1.16 bits per heavy atom. The molecule has 0 aliphatic heterocycles. The van der Waals surface area contributed by atoms with E-state index in [0.29, 0.717) is 6.54 Å². The number of aromatic nitrogens is 1. The van der Waals surface area contributed by atoms with Gasteiger partial charge in [0.2, 0.25) is 5.91 Å². The Hall–Kier alpha value is -2.36. The summed E-state index contributed by atoms with van der Waals surface area (Å²) in [6.07, 6.45) is 1.71. The number of rotatable bonds is 5. The predicted octanol–water partition coefficient (Wildman–Crippen LogP) is 2.12. The first-order valence-electron chi connectivity index (χ1n) is 6.21. The monoisotopic (exact) mass is 255 g/mol. The van der Waals surface area contributed by atoms with Crippen LogP contribution in [-0.4, -0.2) is 17.4 Å². The van der Waals surface area contributed by atoms with Gasteiger partial charge in [0.25, 0.3) is 0 Å². The van der Waals surface area contributed by atoms with Crippen LogP contribution in [0.1, 0.15) is 11.3 Å². The Kier molecular flexibility index (Phi) is 4.50. The van der Waals surface area contributed by atoms with Crippen LogP contribution in [-0.2, 0) is 11.3 Å². The number of nitrogens with zero attached hydrogens (tertiary/aromatic N) is 1. The van der Waals surface area contributed by atoms with Crippen molar-refractivity contribution in [2.75, 3.05) is 11.9 Å². The minimum absolute atomic E-state index is 0.0498. The number of hydrogen-bond acceptors (Lipinski definition) is 3. The Morgan fingerprint density at radius 2 is 1.95 bits per heavy atom. The minimum atomic E-state index is -0.0498. The van der Waals surface area contributed by atoms with E-state index in [9.17, 15) is 4.79 Å². The number of amides is 1. The number of nitrogens with one attached hydrogen (secondary N) is 2. The molecule has 0 saturated carbocycles. The SMILES string of the molecule is Cc1ccc(NCC(=O)NCc2ccccn2)cc1. The molecule has 0 aliphatic carbocycles. The van der Waals surface area contributed by atoms with E-state index in [1.807, 2.05) is 49.4 Å². The first kappa shape index (κ1) is 13.1. The number of hydrogen-bond donors (Lipinski definition) is 2. The fraction of sp³-hybridized carbons (Fsp3) is 0.200. The normalized spacial score (nSPS) is 9.95. The molecule has 0 saturated heterocycles. The maximum atomic E-state index is 11.7. The van der Waals surface area contributed by atoms with Crippen LogP contribution in [0.3, 0.4) is 0 Å². The third kappa shape index (κ3) is 4.43. The molecule has 0 unspecified atom stereocenters. The summed E-state index contributed by atoms with van der Waals surface area (Å²) < 4.78 is 0. The molecule has 0 bridgehead atoms. The van der Waals surface area contributed by atoms with Crippen molar-refractivity contribution in [1.29, 1.82) is 0 Å². The van der Waals surface area contributed by atoms with E-state index < -0.39 is 0 Å². The van der Waals surface area contributed by atoms with Gasteiger partial charge in [-0.15, -0.1) is 0 Å². The van der Waals surface area contributed by atoms with Gasteiger partial charge >= 0.3 is 0 Å². The molecule has 19 heavy (non-hydrogen) atoms. The van der Waals surface area contributed by atoms with Gasteiger partial charge in [-0.1, -0.05) is 23.8 Å². The molecule has 4 nitrogen and oxygen atoms in total. The van der Waals surface area contributed by atoms with Crippen LogP contribution >= 0.6 is 0 Å². The standard InChI is InChI=1S/C15H17N3O/c1-12-5-7-13(8-6-12)17-11-15(19)18-10-14-4-2-3-9-16-14/h2-9,17H,10-11H2,1H3,(H,18,19). The molecule has 2 aromatic rings. The van der Waals surface area contributed by atoms with E-state index in [4.69, 9.17) is 0 Å². The van der Waals surface area contributed by atoms with Gasteiger partial charge in [-0.25, -0.2) is 0 Å². The molecule has 0 spiro atoms. The van der Waals surface area contributed by atoms with Gasteiger partial charge < -0.3 is 10.6 Å². The van der Waals surface area contributed by atoms with Gasteiger partial charge in [-0.05, 0) is 31.2 Å². The second-order valence-corrected chi connectivity index (χ2v) is 4.32. The highest BCUT2D eigenvalue weighted by Crippen LogP contribution is 2.07. The Morgan fingerprint density at radius 3 is 2.63 bits per heavy atom. The van der Waals surface area contributed by atoms with Crippen LogP contribution in [0.25, 0.3) is 0 Å². The summed E-state index contributed by atoms with van der Waals surface area (Å²) in [6, 6.07) is 13.6. The Balaban J connectivity index is 1.74. The van der Waals surface area contributed by atoms with Gasteiger partial charge in [0.15, 0.2) is 0 Å². The molecule has 0 radical (unpaired) electrons. The Labute approximate surface area is 112 Å². The molecule has 4 heteroatoms. The maximum Gasteiger partial charge on any atom is 0.239 e. The molecule has 98 valence electrons. The summed E-state index contributed by atoms with van der Waals surface area (Å²) in [5.74, 6) is -0.0498. The summed E-state index contributed by atoms with van der Waals surface area (Å²) in [4.78, 5) is 15.8. The lowest BCUT2D eigenvalue weighted by atomic mass is 10.2. The molecule has 1 heterocycles. The lowest BCUT2D eigenvalue weighted by Crippen LogP contribution is -2.29. The van der Waals surface area contributed by atoms with Crippen molar-refractivity contribution >= 4 is 11.6 Å². The van der Waals surface area contributed by atoms with Gasteiger partial charge in [0.05, 0.1) is 18.8 Å². The second-order valence-electron chi connectivity index (χ2n) is 4.32. The Bertz CT molecular complexity index is 523. The van der Waals surface area contributed by atoms with Crippen molar-refractivity contribution in [3.63, 3.8) is 0 Å². The van der Waals surface area contributed by atoms with Crippen molar-refractivity contribution in [2.45, 2.75) is 13.5 Å². The first-order chi connectivity index (χ1) is 9.24. The van der Waals surface area contributed by atoms with Crippen LogP contribution in [0.4, 0.5) is 5.69 Å². The average molecular weight is 255 g/mol. The maximum absolute atomic E-state index is 11.7. The fourth-order valence-corrected chi connectivity index (χ4v) is 1.61. The van der Waals surface area contributed by atoms with E-state index in [1.54, 1.807) is 6.20 Å². The zero-order chi connectivity index (χ0) is 13.5. The van der Waals surface area contributed by atoms with Gasteiger partial charge in [0, 0.05) is 11.9 Å². The minimum Gasteiger partial charge on any atom is -0.376 e. The van der Waals surface area contributed by atoms with E-state index in [2.05, 4.69) is 15.6 Å². The van der Waals surface area contributed by atoms with Gasteiger partial charge in [-0.2, -0.15) is 0 Å². The predicted molar refractivity (Wildman–Crippen MR) is 75.8 cm³/mol. The van der Waals surface area contributed by atoms with E-state index >= 15 is 0 Å². The quantitative estimate of drug-likeness (QED) is 0.860. The molecule has 1 aromatic carbocycles. The van der Waals surface area contributed by atoms with Crippen LogP contribution in [0.5, 0.6) is 0 Å². The summed E-state index contributed by atoms with van der Waals surface area (Å²) in [5.41, 5.74) is 3.00. The largest absolute Gasteiger partial charge is 0.376 e. The molecular formula is C15H17N3O. The molecule has 2 N–H and O–H groups in total. The molecule has 1 aromatic heterocycles. The lowest BCUT2D eigenvalue weighted by molar-refractivity contribution is -0.119. The number of pyridine rings is 1. The highest BCUT2D eigenvalue weighted by Gasteiger charge is 2.01. The van der Waals surface area contributed by atoms with E-state index in [1.165, 1.54) is 5.56 Å². The number of anilines is 1. The topological polar surface area (TPSA) is 54.0 Å². The van der Waals surface area contributed by atoms with Crippen LogP contribution in [0.15, 0.2) is 48.7 Å². The number of benzene rings is 1. The number of carbonyl (C=O) groups is 1. The van der Waals surface area contributed by atoms with E-state index in [0.717, 1.165) is 11.4 Å². The zero-order valence-corrected chi connectivity index (χ0v) is 10.9. The second kappa shape index (κ2) is 6.54. The summed E-state index contributed by atoms with van der Waals surface area (Å²) in [5, 5.41) is 5.89.